The molecule has 1 aromatic heterocycles. The Labute approximate surface area is 133 Å². The van der Waals surface area contributed by atoms with E-state index < -0.39 is 0 Å². The lowest BCUT2D eigenvalue weighted by Crippen LogP contribution is -2.43. The standard InChI is InChI=1S/C18H18FN3O/c19-14-6-4-13(5-7-14)12-17-21-18-15(2-1-3-16(18)23-17)22-10-8-20-9-11-22/h1-7,20H,8-12H2. The maximum absolute atomic E-state index is 13.0. The quantitative estimate of drug-likeness (QED) is 0.807. The highest BCUT2D eigenvalue weighted by Gasteiger charge is 2.16. The first-order valence-electron chi connectivity index (χ1n) is 7.88. The predicted octanol–water partition coefficient (Wildman–Crippen LogP) is 2.97. The van der Waals surface area contributed by atoms with E-state index in [1.165, 1.54) is 12.1 Å². The summed E-state index contributed by atoms with van der Waals surface area (Å²) in [6, 6.07) is 12.5. The van der Waals surface area contributed by atoms with Crippen LogP contribution in [0, 0.1) is 5.82 Å². The fraction of sp³-hybridized carbons (Fsp3) is 0.278. The summed E-state index contributed by atoms with van der Waals surface area (Å²) < 4.78 is 18.9. The van der Waals surface area contributed by atoms with Crippen LogP contribution in [-0.2, 0) is 6.42 Å². The van der Waals surface area contributed by atoms with Crippen LogP contribution in [0.4, 0.5) is 10.1 Å². The van der Waals surface area contributed by atoms with Gasteiger partial charge in [0.05, 0.1) is 5.69 Å². The average molecular weight is 311 g/mol. The lowest BCUT2D eigenvalue weighted by molar-refractivity contribution is 0.543. The molecule has 1 fully saturated rings. The van der Waals surface area contributed by atoms with Crippen LogP contribution in [0.1, 0.15) is 11.5 Å². The predicted molar refractivity (Wildman–Crippen MR) is 88.3 cm³/mol. The second-order valence-corrected chi connectivity index (χ2v) is 5.77. The van der Waals surface area contributed by atoms with Gasteiger partial charge in [0, 0.05) is 32.6 Å². The summed E-state index contributed by atoms with van der Waals surface area (Å²) in [5.41, 5.74) is 3.82. The molecule has 4 rings (SSSR count). The van der Waals surface area contributed by atoms with E-state index in [0.717, 1.165) is 48.5 Å². The number of hydrogen-bond acceptors (Lipinski definition) is 4. The number of nitrogens with zero attached hydrogens (tertiary/aromatic N) is 2. The smallest absolute Gasteiger partial charge is 0.199 e. The van der Waals surface area contributed by atoms with Crippen LogP contribution in [0.25, 0.3) is 11.1 Å². The Morgan fingerprint density at radius 1 is 1.09 bits per heavy atom. The van der Waals surface area contributed by atoms with Gasteiger partial charge in [-0.3, -0.25) is 0 Å². The van der Waals surface area contributed by atoms with Crippen molar-refractivity contribution in [2.24, 2.45) is 0 Å². The van der Waals surface area contributed by atoms with Crippen molar-refractivity contribution in [1.29, 1.82) is 0 Å². The summed E-state index contributed by atoms with van der Waals surface area (Å²) in [5, 5.41) is 3.36. The third-order valence-electron chi connectivity index (χ3n) is 4.17. The second-order valence-electron chi connectivity index (χ2n) is 5.77. The van der Waals surface area contributed by atoms with Gasteiger partial charge in [0.25, 0.3) is 0 Å². The topological polar surface area (TPSA) is 41.3 Å². The van der Waals surface area contributed by atoms with Gasteiger partial charge >= 0.3 is 0 Å². The number of para-hydroxylation sites is 1. The van der Waals surface area contributed by atoms with E-state index in [9.17, 15) is 4.39 Å². The van der Waals surface area contributed by atoms with E-state index in [1.807, 2.05) is 12.1 Å². The molecule has 4 nitrogen and oxygen atoms in total. The van der Waals surface area contributed by atoms with E-state index in [1.54, 1.807) is 12.1 Å². The molecule has 0 bridgehead atoms. The van der Waals surface area contributed by atoms with Crippen LogP contribution >= 0.6 is 0 Å². The van der Waals surface area contributed by atoms with Crippen LogP contribution in [0.5, 0.6) is 0 Å². The minimum Gasteiger partial charge on any atom is -0.440 e. The molecule has 0 saturated carbocycles. The summed E-state index contributed by atoms with van der Waals surface area (Å²) in [7, 11) is 0. The zero-order valence-corrected chi connectivity index (χ0v) is 12.8. The number of aromatic nitrogens is 1. The number of rotatable bonds is 3. The first-order chi connectivity index (χ1) is 11.3. The van der Waals surface area contributed by atoms with Crippen LogP contribution in [0.2, 0.25) is 0 Å². The van der Waals surface area contributed by atoms with E-state index in [2.05, 4.69) is 21.3 Å². The first-order valence-corrected chi connectivity index (χ1v) is 7.88. The molecule has 1 saturated heterocycles. The van der Waals surface area contributed by atoms with Crippen molar-refractivity contribution >= 4 is 16.8 Å². The molecule has 0 aliphatic carbocycles. The fourth-order valence-electron chi connectivity index (χ4n) is 2.99. The van der Waals surface area contributed by atoms with Gasteiger partial charge in [-0.2, -0.15) is 0 Å². The molecule has 0 unspecified atom stereocenters. The largest absolute Gasteiger partial charge is 0.440 e. The van der Waals surface area contributed by atoms with Crippen molar-refractivity contribution in [2.45, 2.75) is 6.42 Å². The van der Waals surface area contributed by atoms with E-state index in [0.29, 0.717) is 12.3 Å². The van der Waals surface area contributed by atoms with E-state index in [4.69, 9.17) is 4.42 Å². The highest BCUT2D eigenvalue weighted by Crippen LogP contribution is 2.28. The van der Waals surface area contributed by atoms with E-state index in [-0.39, 0.29) is 5.82 Å². The molecule has 0 amide bonds. The minimum absolute atomic E-state index is 0.229. The molecular weight excluding hydrogens is 293 g/mol. The molecule has 0 atom stereocenters. The molecule has 1 N–H and O–H groups in total. The number of hydrogen-bond donors (Lipinski definition) is 1. The number of halogens is 1. The average Bonchev–Trinajstić information content (AvgIpc) is 3.00. The number of fused-ring (bicyclic) bond motifs is 1. The Kier molecular flexibility index (Phi) is 3.71. The Hall–Kier alpha value is -2.40. The zero-order valence-electron chi connectivity index (χ0n) is 12.8. The van der Waals surface area contributed by atoms with Crippen molar-refractivity contribution in [3.8, 4) is 0 Å². The molecule has 0 radical (unpaired) electrons. The maximum Gasteiger partial charge on any atom is 0.199 e. The summed E-state index contributed by atoms with van der Waals surface area (Å²) in [6.45, 7) is 3.91. The number of benzene rings is 2. The number of anilines is 1. The Morgan fingerprint density at radius 3 is 2.65 bits per heavy atom. The molecule has 5 heteroatoms. The van der Waals surface area contributed by atoms with Gasteiger partial charge < -0.3 is 14.6 Å². The third kappa shape index (κ3) is 2.92. The molecule has 0 spiro atoms. The zero-order chi connectivity index (χ0) is 15.6. The maximum atomic E-state index is 13.0. The third-order valence-corrected chi connectivity index (χ3v) is 4.17. The molecule has 2 heterocycles. The summed E-state index contributed by atoms with van der Waals surface area (Å²) in [6.07, 6.45) is 0.565. The summed E-state index contributed by atoms with van der Waals surface area (Å²) in [5.74, 6) is 0.432. The van der Waals surface area contributed by atoms with Crippen LogP contribution in [0.3, 0.4) is 0 Å². The highest BCUT2D eigenvalue weighted by atomic mass is 19.1. The van der Waals surface area contributed by atoms with Crippen LogP contribution in [-0.4, -0.2) is 31.2 Å². The van der Waals surface area contributed by atoms with Gasteiger partial charge in [-0.15, -0.1) is 0 Å². The van der Waals surface area contributed by atoms with Crippen molar-refractivity contribution in [3.63, 3.8) is 0 Å². The second kappa shape index (κ2) is 6.01. The van der Waals surface area contributed by atoms with Crippen molar-refractivity contribution in [2.75, 3.05) is 31.1 Å². The first kappa shape index (κ1) is 14.2. The molecular formula is C18H18FN3O. The van der Waals surface area contributed by atoms with Crippen molar-refractivity contribution in [1.82, 2.24) is 10.3 Å². The molecule has 3 aromatic rings. The lowest BCUT2D eigenvalue weighted by Gasteiger charge is -2.29. The van der Waals surface area contributed by atoms with Gasteiger partial charge in [-0.25, -0.2) is 9.37 Å². The number of piperazine rings is 1. The summed E-state index contributed by atoms with van der Waals surface area (Å²) >= 11 is 0. The highest BCUT2D eigenvalue weighted by molar-refractivity contribution is 5.87. The van der Waals surface area contributed by atoms with Gasteiger partial charge in [0.1, 0.15) is 11.3 Å². The Balaban J connectivity index is 1.65. The van der Waals surface area contributed by atoms with Crippen molar-refractivity contribution < 1.29 is 8.81 Å². The SMILES string of the molecule is Fc1ccc(Cc2nc3c(N4CCNCC4)cccc3o2)cc1. The monoisotopic (exact) mass is 311 g/mol. The summed E-state index contributed by atoms with van der Waals surface area (Å²) in [4.78, 5) is 7.02. The Bertz CT molecular complexity index is 807. The van der Waals surface area contributed by atoms with Crippen molar-refractivity contribution in [3.05, 3.63) is 59.7 Å². The number of oxazole rings is 1. The van der Waals surface area contributed by atoms with Crippen LogP contribution in [0.15, 0.2) is 46.9 Å². The molecule has 118 valence electrons. The Morgan fingerprint density at radius 2 is 1.87 bits per heavy atom. The van der Waals surface area contributed by atoms with Gasteiger partial charge in [0.2, 0.25) is 0 Å². The van der Waals surface area contributed by atoms with Gasteiger partial charge in [-0.05, 0) is 29.8 Å². The lowest BCUT2D eigenvalue weighted by atomic mass is 10.1. The molecule has 1 aliphatic rings. The minimum atomic E-state index is -0.229. The van der Waals surface area contributed by atoms with E-state index >= 15 is 0 Å². The van der Waals surface area contributed by atoms with Crippen LogP contribution < -0.4 is 10.2 Å². The fourth-order valence-corrected chi connectivity index (χ4v) is 2.99. The molecule has 1 aliphatic heterocycles. The van der Waals surface area contributed by atoms with Gasteiger partial charge in [0.15, 0.2) is 11.5 Å². The molecule has 23 heavy (non-hydrogen) atoms. The molecule has 2 aromatic carbocycles. The van der Waals surface area contributed by atoms with Gasteiger partial charge in [-0.1, -0.05) is 18.2 Å². The number of nitrogens with one attached hydrogen (secondary N) is 1. The normalized spacial score (nSPS) is 15.3.